The number of aryl methyl sites for hydroxylation is 1. The van der Waals surface area contributed by atoms with Gasteiger partial charge in [-0.1, -0.05) is 17.4 Å². The van der Waals surface area contributed by atoms with Crippen LogP contribution in [0.5, 0.6) is 0 Å². The van der Waals surface area contributed by atoms with Crippen LogP contribution in [-0.2, 0) is 14.8 Å². The van der Waals surface area contributed by atoms with Gasteiger partial charge >= 0.3 is 0 Å². The second-order valence-electron chi connectivity index (χ2n) is 5.00. The highest BCUT2D eigenvalue weighted by Crippen LogP contribution is 2.26. The van der Waals surface area contributed by atoms with E-state index in [0.717, 1.165) is 29.6 Å². The maximum absolute atomic E-state index is 12.3. The first-order valence-corrected chi connectivity index (χ1v) is 10.3. The maximum atomic E-state index is 12.3. The van der Waals surface area contributed by atoms with Crippen LogP contribution < -0.4 is 15.2 Å². The number of sulfonamides is 1. The monoisotopic (exact) mass is 388 g/mol. The van der Waals surface area contributed by atoms with Gasteiger partial charge in [0, 0.05) is 13.1 Å². The van der Waals surface area contributed by atoms with Crippen molar-refractivity contribution in [2.45, 2.75) is 11.1 Å². The van der Waals surface area contributed by atoms with E-state index in [1.54, 1.807) is 18.4 Å². The van der Waals surface area contributed by atoms with Crippen LogP contribution in [0.3, 0.4) is 0 Å². The van der Waals surface area contributed by atoms with Crippen LogP contribution in [0, 0.1) is 6.92 Å². The zero-order valence-electron chi connectivity index (χ0n) is 12.8. The van der Waals surface area contributed by atoms with Crippen molar-refractivity contribution in [3.63, 3.8) is 0 Å². The second kappa shape index (κ2) is 7.15. The van der Waals surface area contributed by atoms with E-state index in [-0.39, 0.29) is 4.21 Å². The zero-order valence-corrected chi connectivity index (χ0v) is 15.3. The normalized spacial score (nSPS) is 15.5. The van der Waals surface area contributed by atoms with Gasteiger partial charge in [0.25, 0.3) is 15.9 Å². The van der Waals surface area contributed by atoms with Gasteiger partial charge in [-0.25, -0.2) is 13.4 Å². The van der Waals surface area contributed by atoms with Crippen molar-refractivity contribution in [1.29, 1.82) is 0 Å². The van der Waals surface area contributed by atoms with E-state index in [0.29, 0.717) is 23.8 Å². The lowest BCUT2D eigenvalue weighted by Crippen LogP contribution is -2.41. The molecule has 1 aliphatic heterocycles. The van der Waals surface area contributed by atoms with Gasteiger partial charge in [0.1, 0.15) is 9.09 Å². The smallest absolute Gasteiger partial charge is 0.278 e. The molecule has 2 aromatic rings. The van der Waals surface area contributed by atoms with Crippen molar-refractivity contribution in [3.8, 4) is 0 Å². The highest BCUT2D eigenvalue weighted by Gasteiger charge is 2.22. The molecule has 1 amide bonds. The lowest BCUT2D eigenvalue weighted by Gasteiger charge is -2.25. The fourth-order valence-electron chi connectivity index (χ4n) is 2.12. The lowest BCUT2D eigenvalue weighted by molar-refractivity contribution is 0.0948. The number of nitrogens with zero attached hydrogens (tertiary/aromatic N) is 2. The zero-order chi connectivity index (χ0) is 17.2. The average Bonchev–Trinajstić information content (AvgIpc) is 3.24. The Labute approximate surface area is 147 Å². The van der Waals surface area contributed by atoms with Crippen LogP contribution in [0.25, 0.3) is 0 Å². The van der Waals surface area contributed by atoms with Crippen molar-refractivity contribution in [3.05, 3.63) is 28.1 Å². The quantitative estimate of drug-likeness (QED) is 0.741. The largest absolute Gasteiger partial charge is 0.378 e. The van der Waals surface area contributed by atoms with Gasteiger partial charge in [0.15, 0.2) is 5.13 Å². The minimum absolute atomic E-state index is 0.137. The fourth-order valence-corrected chi connectivity index (χ4v) is 4.97. The molecule has 1 saturated heterocycles. The first kappa shape index (κ1) is 17.3. The number of carbonyl (C=O) groups is 1. The van der Waals surface area contributed by atoms with Gasteiger partial charge in [-0.15, -0.1) is 16.2 Å². The number of ether oxygens (including phenoxy) is 1. The van der Waals surface area contributed by atoms with Crippen molar-refractivity contribution >= 4 is 43.7 Å². The minimum atomic E-state index is -3.75. The lowest BCUT2D eigenvalue weighted by atomic mass is 10.4. The molecule has 0 spiro atoms. The number of hydrazine groups is 1. The standard InChI is InChI=1S/C13H16N4O4S3/c1-9-11(23-13(14-9)17-4-6-21-7-5-17)12(18)15-16-24(19,20)10-3-2-8-22-10/h2-3,8,16H,4-7H2,1H3,(H,15,18). The first-order valence-electron chi connectivity index (χ1n) is 7.13. The van der Waals surface area contributed by atoms with E-state index in [1.807, 2.05) is 4.90 Å². The summed E-state index contributed by atoms with van der Waals surface area (Å²) in [4.78, 5) is 21.2. The van der Waals surface area contributed by atoms with E-state index in [1.165, 1.54) is 17.4 Å². The molecule has 11 heteroatoms. The molecule has 3 heterocycles. The third kappa shape index (κ3) is 3.75. The number of nitrogens with one attached hydrogen (secondary N) is 2. The minimum Gasteiger partial charge on any atom is -0.378 e. The molecule has 24 heavy (non-hydrogen) atoms. The molecule has 1 aliphatic rings. The molecule has 1 fully saturated rings. The van der Waals surface area contributed by atoms with Crippen LogP contribution in [0.4, 0.5) is 5.13 Å². The molecule has 0 bridgehead atoms. The summed E-state index contributed by atoms with van der Waals surface area (Å²) in [5, 5.41) is 2.39. The summed E-state index contributed by atoms with van der Waals surface area (Å²) in [6, 6.07) is 3.09. The van der Waals surface area contributed by atoms with Crippen LogP contribution in [0.2, 0.25) is 0 Å². The number of aromatic nitrogens is 1. The summed E-state index contributed by atoms with van der Waals surface area (Å²) < 4.78 is 29.5. The van der Waals surface area contributed by atoms with Crippen LogP contribution in [-0.4, -0.2) is 45.6 Å². The molecule has 0 aromatic carbocycles. The Morgan fingerprint density at radius 2 is 2.12 bits per heavy atom. The van der Waals surface area contributed by atoms with Crippen molar-refractivity contribution in [1.82, 2.24) is 15.2 Å². The third-order valence-corrected chi connectivity index (χ3v) is 7.19. The predicted molar refractivity (Wildman–Crippen MR) is 92.0 cm³/mol. The summed E-state index contributed by atoms with van der Waals surface area (Å²) in [5.74, 6) is -0.523. The SMILES string of the molecule is Cc1nc(N2CCOCC2)sc1C(=O)NNS(=O)(=O)c1cccs1. The summed E-state index contributed by atoms with van der Waals surface area (Å²) >= 11 is 2.31. The molecule has 130 valence electrons. The van der Waals surface area contributed by atoms with Gasteiger partial charge < -0.3 is 9.64 Å². The summed E-state index contributed by atoms with van der Waals surface area (Å²) in [6.45, 7) is 4.42. The number of morpholine rings is 1. The van der Waals surface area contributed by atoms with E-state index < -0.39 is 15.9 Å². The van der Waals surface area contributed by atoms with Crippen LogP contribution >= 0.6 is 22.7 Å². The number of carbonyl (C=O) groups excluding carboxylic acids is 1. The van der Waals surface area contributed by atoms with Crippen molar-refractivity contribution < 1.29 is 17.9 Å². The number of hydrogen-bond acceptors (Lipinski definition) is 8. The predicted octanol–water partition coefficient (Wildman–Crippen LogP) is 0.973. The molecule has 0 radical (unpaired) electrons. The Balaban J connectivity index is 1.68. The van der Waals surface area contributed by atoms with Gasteiger partial charge in [-0.05, 0) is 18.4 Å². The highest BCUT2D eigenvalue weighted by atomic mass is 32.2. The Hall–Kier alpha value is -1.53. The molecular weight excluding hydrogens is 372 g/mol. The summed E-state index contributed by atoms with van der Waals surface area (Å²) in [5.41, 5.74) is 2.81. The van der Waals surface area contributed by atoms with E-state index in [2.05, 4.69) is 15.2 Å². The molecule has 2 N–H and O–H groups in total. The van der Waals surface area contributed by atoms with Crippen LogP contribution in [0.15, 0.2) is 21.7 Å². The molecule has 8 nitrogen and oxygen atoms in total. The molecule has 0 unspecified atom stereocenters. The molecule has 0 saturated carbocycles. The molecule has 0 atom stereocenters. The first-order chi connectivity index (χ1) is 11.5. The van der Waals surface area contributed by atoms with Gasteiger partial charge in [0.05, 0.1) is 18.9 Å². The maximum Gasteiger partial charge on any atom is 0.278 e. The summed E-state index contributed by atoms with van der Waals surface area (Å²) in [7, 11) is -3.75. The molecule has 0 aliphatic carbocycles. The van der Waals surface area contributed by atoms with E-state index in [4.69, 9.17) is 4.74 Å². The van der Waals surface area contributed by atoms with Gasteiger partial charge in [0.2, 0.25) is 0 Å². The molecule has 3 rings (SSSR count). The number of thiophene rings is 1. The Bertz CT molecular complexity index is 810. The fraction of sp³-hybridized carbons (Fsp3) is 0.385. The highest BCUT2D eigenvalue weighted by molar-refractivity contribution is 7.91. The third-order valence-electron chi connectivity index (χ3n) is 3.33. The van der Waals surface area contributed by atoms with Crippen molar-refractivity contribution in [2.75, 3.05) is 31.2 Å². The van der Waals surface area contributed by atoms with E-state index in [9.17, 15) is 13.2 Å². The number of thiazole rings is 1. The Kier molecular flexibility index (Phi) is 5.15. The summed E-state index contributed by atoms with van der Waals surface area (Å²) in [6.07, 6.45) is 0. The van der Waals surface area contributed by atoms with Gasteiger partial charge in [-0.2, -0.15) is 0 Å². The van der Waals surface area contributed by atoms with E-state index >= 15 is 0 Å². The second-order valence-corrected chi connectivity index (χ2v) is 8.84. The topological polar surface area (TPSA) is 101 Å². The Morgan fingerprint density at radius 3 is 2.79 bits per heavy atom. The number of anilines is 1. The number of amides is 1. The average molecular weight is 388 g/mol. The van der Waals surface area contributed by atoms with Crippen molar-refractivity contribution in [2.24, 2.45) is 0 Å². The Morgan fingerprint density at radius 1 is 1.38 bits per heavy atom. The number of rotatable bonds is 5. The number of hydrogen-bond donors (Lipinski definition) is 2. The molecular formula is C13H16N4O4S3. The molecule has 2 aromatic heterocycles. The van der Waals surface area contributed by atoms with Crippen LogP contribution in [0.1, 0.15) is 15.4 Å². The van der Waals surface area contributed by atoms with Gasteiger partial charge in [-0.3, -0.25) is 10.2 Å².